The number of ether oxygens (including phenoxy) is 1. The van der Waals surface area contributed by atoms with Gasteiger partial charge >= 0.3 is 0 Å². The summed E-state index contributed by atoms with van der Waals surface area (Å²) in [6.07, 6.45) is 2.77. The Kier molecular flexibility index (Phi) is 5.54. The van der Waals surface area contributed by atoms with Gasteiger partial charge in [-0.2, -0.15) is 0 Å². The lowest BCUT2D eigenvalue weighted by molar-refractivity contribution is -0.126. The molecule has 1 aromatic rings. The second-order valence-corrected chi connectivity index (χ2v) is 6.46. The average Bonchev–Trinajstić information content (AvgIpc) is 2.46. The minimum atomic E-state index is -0.00893. The van der Waals surface area contributed by atoms with E-state index in [4.69, 9.17) is 16.3 Å². The lowest BCUT2D eigenvalue weighted by atomic mass is 10.0. The zero-order valence-corrected chi connectivity index (χ0v) is 14.7. The molecule has 0 N–H and O–H groups in total. The van der Waals surface area contributed by atoms with Gasteiger partial charge in [-0.3, -0.25) is 4.79 Å². The standard InChI is InChI=1S/C16H15ClINO2/c1-3-4-9-21-11-5-6-12(13(17)10-11)15-8-7-14(18)16(20)19(15)2/h5-6,8,10,14H,7,9H2,1-2H3. The van der Waals surface area contributed by atoms with Crippen molar-refractivity contribution in [3.05, 3.63) is 34.9 Å². The molecule has 0 radical (unpaired) electrons. The SMILES string of the molecule is CC#CCOc1ccc(C2=CCC(I)C(=O)N2C)c(Cl)c1. The highest BCUT2D eigenvalue weighted by molar-refractivity contribution is 14.1. The number of halogens is 2. The first-order valence-corrected chi connectivity index (χ1v) is 8.11. The van der Waals surface area contributed by atoms with Crippen LogP contribution in [0.2, 0.25) is 5.02 Å². The van der Waals surface area contributed by atoms with E-state index in [1.807, 2.05) is 18.2 Å². The monoisotopic (exact) mass is 415 g/mol. The number of benzene rings is 1. The second kappa shape index (κ2) is 7.19. The molecular weight excluding hydrogens is 401 g/mol. The fourth-order valence-electron chi connectivity index (χ4n) is 2.06. The zero-order valence-electron chi connectivity index (χ0n) is 11.8. The summed E-state index contributed by atoms with van der Waals surface area (Å²) in [5, 5.41) is 0.565. The molecule has 5 heteroatoms. The third kappa shape index (κ3) is 3.72. The molecule has 0 saturated heterocycles. The maximum atomic E-state index is 12.1. The Balaban J connectivity index is 2.24. The van der Waals surface area contributed by atoms with Crippen LogP contribution in [0.25, 0.3) is 5.70 Å². The van der Waals surface area contributed by atoms with Crippen LogP contribution in [0.15, 0.2) is 24.3 Å². The topological polar surface area (TPSA) is 29.5 Å². The number of hydrogen-bond donors (Lipinski definition) is 0. The Morgan fingerprint density at radius 3 is 2.95 bits per heavy atom. The smallest absolute Gasteiger partial charge is 0.240 e. The lowest BCUT2D eigenvalue weighted by Crippen LogP contribution is -2.35. The normalized spacial score (nSPS) is 17.9. The van der Waals surface area contributed by atoms with Gasteiger partial charge in [0.05, 0.1) is 8.95 Å². The van der Waals surface area contributed by atoms with Crippen molar-refractivity contribution in [3.8, 4) is 17.6 Å². The maximum Gasteiger partial charge on any atom is 0.240 e. The van der Waals surface area contributed by atoms with Gasteiger partial charge in [0, 0.05) is 18.3 Å². The summed E-state index contributed by atoms with van der Waals surface area (Å²) in [5.74, 6) is 6.37. The molecule has 1 atom stereocenters. The molecule has 1 aromatic carbocycles. The van der Waals surface area contributed by atoms with E-state index in [-0.39, 0.29) is 9.83 Å². The predicted octanol–water partition coefficient (Wildman–Crippen LogP) is 3.75. The molecule has 0 fully saturated rings. The van der Waals surface area contributed by atoms with E-state index >= 15 is 0 Å². The van der Waals surface area contributed by atoms with Crippen molar-refractivity contribution in [2.45, 2.75) is 17.3 Å². The summed E-state index contributed by atoms with van der Waals surface area (Å²) < 4.78 is 5.47. The Hall–Kier alpha value is -1.19. The molecule has 1 unspecified atom stereocenters. The minimum Gasteiger partial charge on any atom is -0.481 e. The summed E-state index contributed by atoms with van der Waals surface area (Å²) in [5.41, 5.74) is 1.68. The van der Waals surface area contributed by atoms with Crippen molar-refractivity contribution in [2.75, 3.05) is 13.7 Å². The number of amides is 1. The van der Waals surface area contributed by atoms with E-state index in [2.05, 4.69) is 34.4 Å². The third-order valence-corrected chi connectivity index (χ3v) is 4.54. The Labute approximate surface area is 143 Å². The number of hydrogen-bond acceptors (Lipinski definition) is 2. The van der Waals surface area contributed by atoms with Crippen LogP contribution in [-0.4, -0.2) is 28.4 Å². The largest absolute Gasteiger partial charge is 0.481 e. The fraction of sp³-hybridized carbons (Fsp3) is 0.312. The van der Waals surface area contributed by atoms with Gasteiger partial charge in [0.25, 0.3) is 0 Å². The first-order chi connectivity index (χ1) is 10.0. The van der Waals surface area contributed by atoms with Crippen LogP contribution in [0.1, 0.15) is 18.9 Å². The summed E-state index contributed by atoms with van der Waals surface area (Å²) in [4.78, 5) is 13.7. The molecule has 3 nitrogen and oxygen atoms in total. The van der Waals surface area contributed by atoms with Crippen LogP contribution < -0.4 is 4.74 Å². The molecule has 0 saturated carbocycles. The van der Waals surface area contributed by atoms with Crippen molar-refractivity contribution >= 4 is 45.8 Å². The average molecular weight is 416 g/mol. The van der Waals surface area contributed by atoms with Crippen molar-refractivity contribution < 1.29 is 9.53 Å². The summed E-state index contributed by atoms with van der Waals surface area (Å²) in [6, 6.07) is 5.47. The van der Waals surface area contributed by atoms with Gasteiger partial charge in [-0.05, 0) is 31.5 Å². The molecule has 1 amide bonds. The van der Waals surface area contributed by atoms with E-state index in [1.54, 1.807) is 24.9 Å². The molecule has 1 aliphatic heterocycles. The lowest BCUT2D eigenvalue weighted by Gasteiger charge is -2.28. The van der Waals surface area contributed by atoms with Gasteiger partial charge < -0.3 is 9.64 Å². The molecule has 110 valence electrons. The summed E-state index contributed by atoms with van der Waals surface area (Å²) in [7, 11) is 1.77. The zero-order chi connectivity index (χ0) is 15.4. The van der Waals surface area contributed by atoms with Crippen LogP contribution in [-0.2, 0) is 4.79 Å². The number of nitrogens with zero attached hydrogens (tertiary/aromatic N) is 1. The maximum absolute atomic E-state index is 12.1. The molecule has 0 aliphatic carbocycles. The Bertz CT molecular complexity index is 645. The van der Waals surface area contributed by atoms with Crippen LogP contribution in [0.3, 0.4) is 0 Å². The molecule has 0 aromatic heterocycles. The molecular formula is C16H15ClINO2. The number of carbonyl (C=O) groups excluding carboxylic acids is 1. The van der Waals surface area contributed by atoms with Crippen molar-refractivity contribution in [2.24, 2.45) is 0 Å². The molecule has 2 rings (SSSR count). The number of rotatable bonds is 3. The van der Waals surface area contributed by atoms with Crippen molar-refractivity contribution in [1.82, 2.24) is 4.90 Å². The van der Waals surface area contributed by atoms with Crippen molar-refractivity contribution in [1.29, 1.82) is 0 Å². The highest BCUT2D eigenvalue weighted by atomic mass is 127. The summed E-state index contributed by atoms with van der Waals surface area (Å²) >= 11 is 8.49. The van der Waals surface area contributed by atoms with Gasteiger partial charge in [0.1, 0.15) is 12.4 Å². The second-order valence-electron chi connectivity index (χ2n) is 4.55. The minimum absolute atomic E-state index is 0.00893. The number of allylic oxidation sites excluding steroid dienone is 1. The van der Waals surface area contributed by atoms with Gasteiger partial charge in [-0.1, -0.05) is 46.2 Å². The van der Waals surface area contributed by atoms with Crippen LogP contribution >= 0.6 is 34.2 Å². The quantitative estimate of drug-likeness (QED) is 0.427. The number of carbonyl (C=O) groups is 1. The van der Waals surface area contributed by atoms with Crippen LogP contribution in [0, 0.1) is 11.8 Å². The van der Waals surface area contributed by atoms with E-state index < -0.39 is 0 Å². The fourth-order valence-corrected chi connectivity index (χ4v) is 3.00. The first-order valence-electron chi connectivity index (χ1n) is 6.48. The van der Waals surface area contributed by atoms with E-state index in [9.17, 15) is 4.79 Å². The highest BCUT2D eigenvalue weighted by Gasteiger charge is 2.27. The van der Waals surface area contributed by atoms with Gasteiger partial charge in [0.15, 0.2) is 0 Å². The Morgan fingerprint density at radius 1 is 1.52 bits per heavy atom. The van der Waals surface area contributed by atoms with Crippen molar-refractivity contribution in [3.63, 3.8) is 0 Å². The first kappa shape index (κ1) is 16.2. The highest BCUT2D eigenvalue weighted by Crippen LogP contribution is 2.33. The van der Waals surface area contributed by atoms with Gasteiger partial charge in [-0.15, -0.1) is 5.92 Å². The third-order valence-electron chi connectivity index (χ3n) is 3.18. The van der Waals surface area contributed by atoms with E-state index in [1.165, 1.54) is 0 Å². The van der Waals surface area contributed by atoms with E-state index in [0.717, 1.165) is 17.7 Å². The van der Waals surface area contributed by atoms with Crippen LogP contribution in [0.4, 0.5) is 0 Å². The summed E-state index contributed by atoms with van der Waals surface area (Å²) in [6.45, 7) is 2.10. The van der Waals surface area contributed by atoms with Gasteiger partial charge in [0.2, 0.25) is 5.91 Å². The predicted molar refractivity (Wildman–Crippen MR) is 93.6 cm³/mol. The van der Waals surface area contributed by atoms with Crippen LogP contribution in [0.5, 0.6) is 5.75 Å². The van der Waals surface area contributed by atoms with Gasteiger partial charge in [-0.25, -0.2) is 0 Å². The Morgan fingerprint density at radius 2 is 2.29 bits per heavy atom. The number of alkyl halides is 1. The molecule has 0 bridgehead atoms. The molecule has 0 spiro atoms. The molecule has 21 heavy (non-hydrogen) atoms. The van der Waals surface area contributed by atoms with E-state index in [0.29, 0.717) is 17.4 Å². The molecule has 1 heterocycles. The molecule has 1 aliphatic rings.